The Morgan fingerprint density at radius 1 is 0.959 bits per heavy atom. The van der Waals surface area contributed by atoms with Crippen molar-refractivity contribution in [2.24, 2.45) is 0 Å². The number of carboxylic acid groups (broad SMARTS) is 1. The van der Waals surface area contributed by atoms with E-state index < -0.39 is 39.6 Å². The fourth-order valence-corrected chi connectivity index (χ4v) is 8.74. The minimum atomic E-state index is -3.07. The van der Waals surface area contributed by atoms with Crippen LogP contribution in [0.25, 0.3) is 0 Å². The Hall–Kier alpha value is -4.09. The second-order valence-corrected chi connectivity index (χ2v) is 15.9. The van der Waals surface area contributed by atoms with Gasteiger partial charge in [-0.25, -0.2) is 13.2 Å². The normalized spacial score (nSPS) is 19.5. The summed E-state index contributed by atoms with van der Waals surface area (Å²) in [6.45, 7) is 1.49. The molecule has 3 aromatic carbocycles. The third kappa shape index (κ3) is 8.38. The zero-order valence-corrected chi connectivity index (χ0v) is 29.7. The molecule has 2 fully saturated rings. The van der Waals surface area contributed by atoms with Crippen LogP contribution in [0.2, 0.25) is 0 Å². The Bertz CT molecular complexity index is 1730. The van der Waals surface area contributed by atoms with Gasteiger partial charge in [-0.15, -0.1) is 0 Å². The van der Waals surface area contributed by atoms with Crippen molar-refractivity contribution in [1.82, 2.24) is 9.80 Å². The van der Waals surface area contributed by atoms with Crippen LogP contribution in [0.4, 0.5) is 5.69 Å². The van der Waals surface area contributed by atoms with Crippen LogP contribution in [0, 0.1) is 0 Å². The molecule has 2 amide bonds. The third-order valence-electron chi connectivity index (χ3n) is 9.97. The van der Waals surface area contributed by atoms with Crippen molar-refractivity contribution < 1.29 is 27.9 Å². The predicted octanol–water partition coefficient (Wildman–Crippen LogP) is 5.97. The lowest BCUT2D eigenvalue weighted by Gasteiger charge is -2.44. The van der Waals surface area contributed by atoms with Gasteiger partial charge in [-0.05, 0) is 54.5 Å². The molecular formula is C38H45N3O6S2. The molecule has 0 unspecified atom stereocenters. The van der Waals surface area contributed by atoms with Gasteiger partial charge in [0.05, 0.1) is 5.49 Å². The lowest BCUT2D eigenvalue weighted by molar-refractivity contribution is -0.143. The Labute approximate surface area is 294 Å². The first-order valence-electron chi connectivity index (χ1n) is 16.9. The molecule has 1 saturated carbocycles. The molecule has 1 heterocycles. The first-order chi connectivity index (χ1) is 23.4. The number of hydrogen-bond donors (Lipinski definition) is 1. The number of carbonyl (C=O) groups is 3. The molecule has 9 nitrogen and oxygen atoms in total. The summed E-state index contributed by atoms with van der Waals surface area (Å²) in [4.78, 5) is 45.4. The van der Waals surface area contributed by atoms with E-state index >= 15 is 0 Å². The Morgan fingerprint density at radius 2 is 1.57 bits per heavy atom. The summed E-state index contributed by atoms with van der Waals surface area (Å²) < 4.78 is 23.4. The largest absolute Gasteiger partial charge is 0.480 e. The van der Waals surface area contributed by atoms with Gasteiger partial charge in [0, 0.05) is 43.0 Å². The standard InChI is InChI=1S/C38H45N3O6S2/c1-28(42)40-33(25-29-13-5-3-6-14-29)36(43)41(35(40)31-15-7-4-8-16-31)32-19-17-30(18-20-32)26-34(37(44)45)39(27-48)38(21-9-10-22-38)23-11-12-24-49(2,46)47/h3-8,13-20,27,33-35H,9-12,21-26H2,1-2H3,(H,44,45)/t33-,34+,35+/m1/s1. The van der Waals surface area contributed by atoms with E-state index in [2.05, 4.69) is 0 Å². The number of rotatable bonds is 15. The number of carbonyl (C=O) groups excluding carboxylic acids is 2. The van der Waals surface area contributed by atoms with E-state index in [4.69, 9.17) is 12.2 Å². The van der Waals surface area contributed by atoms with E-state index in [9.17, 15) is 27.9 Å². The predicted molar refractivity (Wildman–Crippen MR) is 195 cm³/mol. The SMILES string of the molecule is CC(=O)N1[C@H](Cc2ccccc2)C(=O)N(c2ccc(C[C@@H](C(=O)O)N(C=S)C3(CCCCS(C)(=O)=O)CCCC3)cc2)[C@H]1c1ccccc1. The molecule has 1 saturated heterocycles. The maximum atomic E-state index is 14.2. The molecule has 49 heavy (non-hydrogen) atoms. The summed E-state index contributed by atoms with van der Waals surface area (Å²) in [6, 6.07) is 24.9. The quantitative estimate of drug-likeness (QED) is 0.152. The molecule has 0 radical (unpaired) electrons. The van der Waals surface area contributed by atoms with Crippen LogP contribution in [0.3, 0.4) is 0 Å². The molecule has 11 heteroatoms. The molecule has 3 atom stereocenters. The summed E-state index contributed by atoms with van der Waals surface area (Å²) in [5.74, 6) is -1.26. The van der Waals surface area contributed by atoms with Crippen molar-refractivity contribution >= 4 is 51.0 Å². The number of anilines is 1. The summed E-state index contributed by atoms with van der Waals surface area (Å²) in [6.07, 6.45) is 6.55. The average Bonchev–Trinajstić information content (AvgIpc) is 3.67. The zero-order valence-electron chi connectivity index (χ0n) is 28.1. The molecule has 1 aliphatic carbocycles. The number of hydrogen-bond acceptors (Lipinski definition) is 6. The van der Waals surface area contributed by atoms with Crippen LogP contribution in [0.1, 0.15) is 74.7 Å². The lowest BCUT2D eigenvalue weighted by Crippen LogP contribution is -2.54. The zero-order chi connectivity index (χ0) is 35.2. The van der Waals surface area contributed by atoms with Crippen molar-refractivity contribution in [1.29, 1.82) is 0 Å². The first-order valence-corrected chi connectivity index (χ1v) is 19.4. The lowest BCUT2D eigenvalue weighted by atomic mass is 9.86. The van der Waals surface area contributed by atoms with Crippen molar-refractivity contribution in [2.45, 2.75) is 88.5 Å². The third-order valence-corrected chi connectivity index (χ3v) is 11.2. The summed E-state index contributed by atoms with van der Waals surface area (Å²) in [5, 5.41) is 10.5. The molecule has 1 N–H and O–H groups in total. The van der Waals surface area contributed by atoms with Crippen molar-refractivity contribution in [3.63, 3.8) is 0 Å². The Kier molecular flexibility index (Phi) is 11.5. The summed E-state index contributed by atoms with van der Waals surface area (Å²) >= 11 is 5.45. The van der Waals surface area contributed by atoms with Gasteiger partial charge in [-0.3, -0.25) is 14.5 Å². The minimum Gasteiger partial charge on any atom is -0.480 e. The number of unbranched alkanes of at least 4 members (excludes halogenated alkanes) is 1. The smallest absolute Gasteiger partial charge is 0.326 e. The van der Waals surface area contributed by atoms with E-state index in [-0.39, 0.29) is 24.0 Å². The number of carboxylic acids is 1. The molecule has 0 bridgehead atoms. The van der Waals surface area contributed by atoms with Gasteiger partial charge >= 0.3 is 5.97 Å². The highest BCUT2D eigenvalue weighted by molar-refractivity contribution is 7.90. The number of aliphatic carboxylic acids is 1. The van der Waals surface area contributed by atoms with Gasteiger partial charge in [0.2, 0.25) is 5.91 Å². The molecule has 1 aliphatic heterocycles. The molecule has 5 rings (SSSR count). The highest BCUT2D eigenvalue weighted by Crippen LogP contribution is 2.42. The first kappa shape index (κ1) is 36.2. The van der Waals surface area contributed by atoms with Crippen LogP contribution >= 0.6 is 12.2 Å². The second-order valence-electron chi connectivity index (χ2n) is 13.4. The molecule has 2 aliphatic rings. The van der Waals surface area contributed by atoms with E-state index in [0.717, 1.165) is 42.4 Å². The van der Waals surface area contributed by atoms with E-state index in [1.807, 2.05) is 89.8 Å². The summed E-state index contributed by atoms with van der Waals surface area (Å²) in [5.41, 5.74) is 4.19. The van der Waals surface area contributed by atoms with Gasteiger partial charge in [0.15, 0.2) is 0 Å². The Balaban J connectivity index is 1.41. The van der Waals surface area contributed by atoms with Crippen molar-refractivity contribution in [3.05, 3.63) is 102 Å². The van der Waals surface area contributed by atoms with Gasteiger partial charge in [-0.1, -0.05) is 104 Å². The van der Waals surface area contributed by atoms with Gasteiger partial charge in [0.1, 0.15) is 28.1 Å². The van der Waals surface area contributed by atoms with Crippen LogP contribution < -0.4 is 4.90 Å². The number of nitrogens with zero attached hydrogens (tertiary/aromatic N) is 3. The van der Waals surface area contributed by atoms with E-state index in [1.165, 1.54) is 18.7 Å². The van der Waals surface area contributed by atoms with Gasteiger partial charge in [0.25, 0.3) is 5.91 Å². The van der Waals surface area contributed by atoms with Crippen molar-refractivity contribution in [2.75, 3.05) is 16.9 Å². The van der Waals surface area contributed by atoms with E-state index in [0.29, 0.717) is 31.4 Å². The monoisotopic (exact) mass is 703 g/mol. The minimum absolute atomic E-state index is 0.108. The molecule has 260 valence electrons. The molecule has 3 aromatic rings. The fraction of sp³-hybridized carbons (Fsp3) is 0.421. The number of sulfone groups is 1. The maximum Gasteiger partial charge on any atom is 0.326 e. The average molecular weight is 704 g/mol. The van der Waals surface area contributed by atoms with Crippen LogP contribution in [-0.2, 0) is 37.1 Å². The maximum absolute atomic E-state index is 14.2. The highest BCUT2D eigenvalue weighted by atomic mass is 32.2. The van der Waals surface area contributed by atoms with Crippen LogP contribution in [0.5, 0.6) is 0 Å². The Morgan fingerprint density at radius 3 is 2.12 bits per heavy atom. The van der Waals surface area contributed by atoms with Crippen LogP contribution in [0.15, 0.2) is 84.9 Å². The summed E-state index contributed by atoms with van der Waals surface area (Å²) in [7, 11) is -3.07. The second kappa shape index (κ2) is 15.6. The number of amides is 2. The fourth-order valence-electron chi connectivity index (χ4n) is 7.64. The molecular weight excluding hydrogens is 659 g/mol. The van der Waals surface area contributed by atoms with E-state index in [1.54, 1.807) is 9.80 Å². The van der Waals surface area contributed by atoms with Gasteiger partial charge < -0.3 is 14.9 Å². The van der Waals surface area contributed by atoms with Gasteiger partial charge in [-0.2, -0.15) is 0 Å². The number of thiocarbonyl (C=S) groups is 1. The number of benzene rings is 3. The van der Waals surface area contributed by atoms with Crippen LogP contribution in [-0.4, -0.2) is 76.2 Å². The molecule has 0 aromatic heterocycles. The van der Waals surface area contributed by atoms with Crippen molar-refractivity contribution in [3.8, 4) is 0 Å². The molecule has 0 spiro atoms. The topological polar surface area (TPSA) is 115 Å². The highest BCUT2D eigenvalue weighted by Gasteiger charge is 2.49.